The molecule has 1 aliphatic rings. The van der Waals surface area contributed by atoms with E-state index in [-0.39, 0.29) is 31.3 Å². The van der Waals surface area contributed by atoms with Crippen LogP contribution in [0.25, 0.3) is 0 Å². The number of hydrogen-bond donors (Lipinski definition) is 0. The molecular weight excluding hydrogens is 438 g/mol. The monoisotopic (exact) mass is 473 g/mol. The lowest BCUT2D eigenvalue weighted by Gasteiger charge is -2.16. The molecule has 6 nitrogen and oxygen atoms in total. The molecule has 1 heterocycles. The van der Waals surface area contributed by atoms with Gasteiger partial charge in [0.25, 0.3) is 11.8 Å². The van der Waals surface area contributed by atoms with Crippen molar-refractivity contribution >= 4 is 34.1 Å². The molecule has 2 amide bonds. The Balaban J connectivity index is 2.87. The van der Waals surface area contributed by atoms with Crippen molar-refractivity contribution in [1.29, 1.82) is 0 Å². The SMILES string of the molecule is C=C(/C=C(/C#C[Si](C)(C)C)C(C)C#C[Si](C)(C)C)C(C)COC(=O)ON1C(=O)CCC1=O. The fourth-order valence-electron chi connectivity index (χ4n) is 2.33. The quantitative estimate of drug-likeness (QED) is 0.183. The number of amides is 2. The van der Waals surface area contributed by atoms with Crippen LogP contribution in [0.1, 0.15) is 26.7 Å². The Morgan fingerprint density at radius 3 is 2.09 bits per heavy atom. The normalized spacial score (nSPS) is 16.4. The molecule has 1 saturated heterocycles. The molecule has 0 aromatic carbocycles. The van der Waals surface area contributed by atoms with Crippen LogP contribution in [0.15, 0.2) is 23.8 Å². The molecule has 0 aromatic heterocycles. The first-order chi connectivity index (χ1) is 14.6. The second kappa shape index (κ2) is 11.4. The van der Waals surface area contributed by atoms with Crippen LogP contribution in [0, 0.1) is 34.8 Å². The first-order valence-corrected chi connectivity index (χ1v) is 17.8. The van der Waals surface area contributed by atoms with Crippen LogP contribution in [0.4, 0.5) is 4.79 Å². The fraction of sp³-hybridized carbons (Fsp3) is 0.542. The molecule has 1 rings (SSSR count). The van der Waals surface area contributed by atoms with Crippen LogP contribution in [0.2, 0.25) is 39.3 Å². The van der Waals surface area contributed by atoms with E-state index in [1.807, 2.05) is 19.9 Å². The van der Waals surface area contributed by atoms with E-state index in [1.165, 1.54) is 0 Å². The Hall–Kier alpha value is -2.56. The topological polar surface area (TPSA) is 72.9 Å². The van der Waals surface area contributed by atoms with Crippen molar-refractivity contribution in [3.8, 4) is 22.9 Å². The highest BCUT2D eigenvalue weighted by atomic mass is 28.3. The van der Waals surface area contributed by atoms with Crippen LogP contribution in [-0.2, 0) is 19.2 Å². The molecule has 32 heavy (non-hydrogen) atoms. The van der Waals surface area contributed by atoms with Crippen molar-refractivity contribution < 1.29 is 24.0 Å². The van der Waals surface area contributed by atoms with Gasteiger partial charge in [-0.2, -0.15) is 0 Å². The minimum absolute atomic E-state index is 0.00587. The number of rotatable bonds is 6. The predicted molar refractivity (Wildman–Crippen MR) is 131 cm³/mol. The van der Waals surface area contributed by atoms with Gasteiger partial charge < -0.3 is 4.74 Å². The number of imide groups is 1. The zero-order valence-corrected chi connectivity index (χ0v) is 22.5. The minimum Gasteiger partial charge on any atom is -0.432 e. The van der Waals surface area contributed by atoms with Crippen LogP contribution in [-0.4, -0.2) is 45.8 Å². The van der Waals surface area contributed by atoms with E-state index in [2.05, 4.69) is 68.8 Å². The van der Waals surface area contributed by atoms with Crippen molar-refractivity contribution in [3.05, 3.63) is 23.8 Å². The van der Waals surface area contributed by atoms with Crippen LogP contribution < -0.4 is 0 Å². The zero-order chi connectivity index (χ0) is 24.7. The van der Waals surface area contributed by atoms with Gasteiger partial charge in [-0.25, -0.2) is 4.79 Å². The summed E-state index contributed by atoms with van der Waals surface area (Å²) in [7, 11) is -3.09. The van der Waals surface area contributed by atoms with E-state index in [0.29, 0.717) is 5.06 Å². The largest absolute Gasteiger partial charge is 0.533 e. The molecule has 0 saturated carbocycles. The molecule has 174 valence electrons. The third-order valence-corrected chi connectivity index (χ3v) is 6.08. The summed E-state index contributed by atoms with van der Waals surface area (Å²) in [5.41, 5.74) is 8.43. The molecule has 2 unspecified atom stereocenters. The molecule has 0 aromatic rings. The van der Waals surface area contributed by atoms with Crippen molar-refractivity contribution in [2.45, 2.75) is 66.0 Å². The smallest absolute Gasteiger partial charge is 0.432 e. The maximum atomic E-state index is 11.9. The standard InChI is InChI=1S/C24H35NO5Si2/c1-18(12-14-31(4,5)6)21(13-15-32(7,8)9)16-19(2)20(3)17-29-24(28)30-25-22(26)10-11-23(25)27/h16,18,20H,2,10-11,17H2,1,3-9H3/b21-16-. The van der Waals surface area contributed by atoms with E-state index >= 15 is 0 Å². The lowest BCUT2D eigenvalue weighted by atomic mass is 9.96. The van der Waals surface area contributed by atoms with Gasteiger partial charge in [0.15, 0.2) is 0 Å². The maximum absolute atomic E-state index is 11.9. The zero-order valence-electron chi connectivity index (χ0n) is 20.5. The molecule has 0 radical (unpaired) electrons. The van der Waals surface area contributed by atoms with Gasteiger partial charge >= 0.3 is 6.16 Å². The molecule has 1 fully saturated rings. The highest BCUT2D eigenvalue weighted by Gasteiger charge is 2.33. The number of allylic oxidation sites excluding steroid dienone is 2. The van der Waals surface area contributed by atoms with Crippen LogP contribution in [0.3, 0.4) is 0 Å². The first kappa shape index (κ1) is 27.5. The molecule has 8 heteroatoms. The number of hydroxylamine groups is 2. The molecule has 1 aliphatic heterocycles. The summed E-state index contributed by atoms with van der Waals surface area (Å²) in [6.07, 6.45) is 0.892. The summed E-state index contributed by atoms with van der Waals surface area (Å²) in [4.78, 5) is 39.7. The minimum atomic E-state index is -1.58. The van der Waals surface area contributed by atoms with Crippen LogP contribution >= 0.6 is 0 Å². The Labute approximate surface area is 194 Å². The molecule has 0 aliphatic carbocycles. The van der Waals surface area contributed by atoms with Gasteiger partial charge in [-0.3, -0.25) is 14.4 Å². The van der Waals surface area contributed by atoms with Crippen molar-refractivity contribution in [2.24, 2.45) is 11.8 Å². The van der Waals surface area contributed by atoms with E-state index in [9.17, 15) is 14.4 Å². The Kier molecular flexibility index (Phi) is 9.75. The summed E-state index contributed by atoms with van der Waals surface area (Å²) in [5.74, 6) is 5.31. The third kappa shape index (κ3) is 10.2. The van der Waals surface area contributed by atoms with Crippen molar-refractivity contribution in [3.63, 3.8) is 0 Å². The average Bonchev–Trinajstić information content (AvgIpc) is 2.97. The third-order valence-electron chi connectivity index (χ3n) is 4.31. The first-order valence-electron chi connectivity index (χ1n) is 10.8. The predicted octanol–water partition coefficient (Wildman–Crippen LogP) is 4.72. The second-order valence-corrected chi connectivity index (χ2v) is 19.6. The maximum Gasteiger partial charge on any atom is 0.533 e. The Morgan fingerprint density at radius 1 is 1.06 bits per heavy atom. The van der Waals surface area contributed by atoms with E-state index in [4.69, 9.17) is 9.57 Å². The number of ether oxygens (including phenoxy) is 1. The summed E-state index contributed by atoms with van der Waals surface area (Å²) in [5, 5.41) is 0.463. The van der Waals surface area contributed by atoms with E-state index in [0.717, 1.165) is 11.1 Å². The average molecular weight is 474 g/mol. The summed E-state index contributed by atoms with van der Waals surface area (Å²) in [6, 6.07) is 0. The van der Waals surface area contributed by atoms with Crippen molar-refractivity contribution in [1.82, 2.24) is 5.06 Å². The van der Waals surface area contributed by atoms with Gasteiger partial charge in [-0.05, 0) is 18.6 Å². The molecule has 2 atom stereocenters. The Bertz CT molecular complexity index is 900. The number of hydrogen-bond acceptors (Lipinski definition) is 5. The van der Waals surface area contributed by atoms with E-state index in [1.54, 1.807) is 0 Å². The van der Waals surface area contributed by atoms with Crippen LogP contribution in [0.5, 0.6) is 0 Å². The summed E-state index contributed by atoms with van der Waals surface area (Å²) >= 11 is 0. The lowest BCUT2D eigenvalue weighted by Crippen LogP contribution is -2.32. The van der Waals surface area contributed by atoms with Gasteiger partial charge in [0.05, 0.1) is 0 Å². The van der Waals surface area contributed by atoms with E-state index < -0.39 is 34.1 Å². The van der Waals surface area contributed by atoms with Gasteiger partial charge in [-0.1, -0.05) is 63.8 Å². The van der Waals surface area contributed by atoms with Gasteiger partial charge in [0, 0.05) is 30.3 Å². The summed E-state index contributed by atoms with van der Waals surface area (Å²) < 4.78 is 5.08. The molecular formula is C24H35NO5Si2. The number of carbonyl (C=O) groups is 3. The fourth-order valence-corrected chi connectivity index (χ4v) is 3.50. The highest BCUT2D eigenvalue weighted by molar-refractivity contribution is 6.84. The molecule has 0 bridgehead atoms. The second-order valence-electron chi connectivity index (χ2n) is 10.1. The van der Waals surface area contributed by atoms with Gasteiger partial charge in [-0.15, -0.1) is 17.0 Å². The summed E-state index contributed by atoms with van der Waals surface area (Å²) in [6.45, 7) is 21.2. The Morgan fingerprint density at radius 2 is 1.59 bits per heavy atom. The lowest BCUT2D eigenvalue weighted by molar-refractivity contribution is -0.177. The van der Waals surface area contributed by atoms with Gasteiger partial charge in [0.2, 0.25) is 0 Å². The van der Waals surface area contributed by atoms with Crippen molar-refractivity contribution in [2.75, 3.05) is 6.61 Å². The number of carbonyl (C=O) groups excluding carboxylic acids is 3. The highest BCUT2D eigenvalue weighted by Crippen LogP contribution is 2.19. The molecule has 0 N–H and O–H groups in total. The van der Waals surface area contributed by atoms with Gasteiger partial charge in [0.1, 0.15) is 22.8 Å². The molecule has 0 spiro atoms. The number of nitrogens with zero attached hydrogens (tertiary/aromatic N) is 1.